The minimum Gasteiger partial charge on any atom is -0.314 e. The van der Waals surface area contributed by atoms with Gasteiger partial charge in [0.05, 0.1) is 0 Å². The van der Waals surface area contributed by atoms with E-state index >= 15 is 0 Å². The van der Waals surface area contributed by atoms with E-state index in [4.69, 9.17) is 0 Å². The van der Waals surface area contributed by atoms with Gasteiger partial charge in [-0.3, -0.25) is 4.90 Å². The summed E-state index contributed by atoms with van der Waals surface area (Å²) in [4.78, 5) is 2.37. The molecule has 1 aliphatic rings. The van der Waals surface area contributed by atoms with E-state index in [1.807, 2.05) is 0 Å². The first-order chi connectivity index (χ1) is 8.16. The molecule has 1 atom stereocenters. The second kappa shape index (κ2) is 7.02. The molecule has 1 saturated heterocycles. The fraction of sp³-hybridized carbons (Fsp3) is 0.538. The highest BCUT2D eigenvalue weighted by Gasteiger charge is 2.17. The molecule has 2 rings (SSSR count). The highest BCUT2D eigenvalue weighted by Crippen LogP contribution is 2.19. The van der Waals surface area contributed by atoms with Crippen LogP contribution in [0.5, 0.6) is 0 Å². The fourth-order valence-electron chi connectivity index (χ4n) is 2.12. The van der Waals surface area contributed by atoms with Gasteiger partial charge in [0.2, 0.25) is 0 Å². The molecule has 1 aliphatic heterocycles. The molecule has 0 spiro atoms. The summed E-state index contributed by atoms with van der Waals surface area (Å²) in [5.41, 5.74) is 1.20. The maximum absolute atomic E-state index is 12.4. The smallest absolute Gasteiger partial charge is 0.263 e. The van der Waals surface area contributed by atoms with Crippen molar-refractivity contribution in [1.29, 1.82) is 0 Å². The maximum Gasteiger partial charge on any atom is 0.263 e. The number of alkyl halides is 2. The van der Waals surface area contributed by atoms with E-state index in [2.05, 4.69) is 17.1 Å². The Morgan fingerprint density at radius 1 is 1.33 bits per heavy atom. The second-order valence-electron chi connectivity index (χ2n) is 4.57. The topological polar surface area (TPSA) is 15.3 Å². The molecule has 0 aromatic heterocycles. The van der Waals surface area contributed by atoms with Gasteiger partial charge in [0.15, 0.2) is 0 Å². The van der Waals surface area contributed by atoms with Crippen molar-refractivity contribution in [2.45, 2.75) is 25.9 Å². The Kier molecular flexibility index (Phi) is 5.99. The van der Waals surface area contributed by atoms with Crippen molar-refractivity contribution in [3.05, 3.63) is 35.4 Å². The van der Waals surface area contributed by atoms with Gasteiger partial charge >= 0.3 is 0 Å². The molecule has 1 N–H and O–H groups in total. The molecule has 0 aliphatic carbocycles. The van der Waals surface area contributed by atoms with Gasteiger partial charge < -0.3 is 5.32 Å². The molecule has 1 fully saturated rings. The average molecular weight is 277 g/mol. The molecule has 0 radical (unpaired) electrons. The number of rotatable bonds is 3. The van der Waals surface area contributed by atoms with Gasteiger partial charge in [0.25, 0.3) is 6.43 Å². The van der Waals surface area contributed by atoms with Crippen LogP contribution >= 0.6 is 12.4 Å². The summed E-state index contributed by atoms with van der Waals surface area (Å²) in [6.07, 6.45) is -2.37. The van der Waals surface area contributed by atoms with Crippen molar-refractivity contribution in [2.75, 3.05) is 19.6 Å². The van der Waals surface area contributed by atoms with Gasteiger partial charge in [-0.1, -0.05) is 24.3 Å². The van der Waals surface area contributed by atoms with Gasteiger partial charge in [-0.15, -0.1) is 12.4 Å². The van der Waals surface area contributed by atoms with Crippen molar-refractivity contribution in [2.24, 2.45) is 0 Å². The van der Waals surface area contributed by atoms with E-state index in [1.54, 1.807) is 12.1 Å². The van der Waals surface area contributed by atoms with Crippen LogP contribution in [0.3, 0.4) is 0 Å². The molecule has 0 amide bonds. The lowest BCUT2D eigenvalue weighted by atomic mass is 10.1. The lowest BCUT2D eigenvalue weighted by Gasteiger charge is -2.33. The molecule has 1 heterocycles. The van der Waals surface area contributed by atoms with Crippen LogP contribution in [0, 0.1) is 0 Å². The molecular weight excluding hydrogens is 258 g/mol. The first kappa shape index (κ1) is 15.3. The first-order valence-corrected chi connectivity index (χ1v) is 5.98. The summed E-state index contributed by atoms with van der Waals surface area (Å²) >= 11 is 0. The van der Waals surface area contributed by atoms with E-state index in [-0.39, 0.29) is 18.0 Å². The molecule has 0 unspecified atom stereocenters. The van der Waals surface area contributed by atoms with E-state index in [0.717, 1.165) is 31.7 Å². The quantitative estimate of drug-likeness (QED) is 0.913. The zero-order valence-electron chi connectivity index (χ0n) is 10.4. The van der Waals surface area contributed by atoms with Crippen LogP contribution in [-0.2, 0) is 6.54 Å². The number of piperazine rings is 1. The minimum absolute atomic E-state index is 0. The Balaban J connectivity index is 0.00000162. The number of halogens is 3. The summed E-state index contributed by atoms with van der Waals surface area (Å²) in [5, 5.41) is 3.33. The van der Waals surface area contributed by atoms with Crippen LogP contribution in [0.25, 0.3) is 0 Å². The van der Waals surface area contributed by atoms with Crippen LogP contribution in [0.4, 0.5) is 8.78 Å². The van der Waals surface area contributed by atoms with Crippen molar-refractivity contribution < 1.29 is 8.78 Å². The molecule has 5 heteroatoms. The Morgan fingerprint density at radius 3 is 2.56 bits per heavy atom. The molecule has 18 heavy (non-hydrogen) atoms. The van der Waals surface area contributed by atoms with E-state index in [0.29, 0.717) is 6.04 Å². The largest absolute Gasteiger partial charge is 0.314 e. The lowest BCUT2D eigenvalue weighted by Crippen LogP contribution is -2.49. The molecule has 1 aromatic carbocycles. The Morgan fingerprint density at radius 2 is 2.00 bits per heavy atom. The van der Waals surface area contributed by atoms with Crippen LogP contribution in [0.15, 0.2) is 24.3 Å². The third-order valence-corrected chi connectivity index (χ3v) is 3.26. The molecule has 102 valence electrons. The zero-order chi connectivity index (χ0) is 12.3. The molecule has 2 nitrogen and oxygen atoms in total. The van der Waals surface area contributed by atoms with E-state index in [9.17, 15) is 8.78 Å². The van der Waals surface area contributed by atoms with Crippen molar-refractivity contribution >= 4 is 12.4 Å². The van der Waals surface area contributed by atoms with Crippen molar-refractivity contribution in [3.63, 3.8) is 0 Å². The zero-order valence-corrected chi connectivity index (χ0v) is 11.2. The number of nitrogens with one attached hydrogen (secondary N) is 1. The summed E-state index contributed by atoms with van der Waals surface area (Å²) in [6, 6.07) is 7.14. The normalized spacial score (nSPS) is 20.8. The highest BCUT2D eigenvalue weighted by molar-refractivity contribution is 5.85. The minimum atomic E-state index is -2.37. The van der Waals surface area contributed by atoms with Crippen molar-refractivity contribution in [1.82, 2.24) is 10.2 Å². The molecule has 0 saturated carbocycles. The average Bonchev–Trinajstić information content (AvgIpc) is 2.33. The third kappa shape index (κ3) is 3.90. The van der Waals surface area contributed by atoms with E-state index < -0.39 is 6.43 Å². The third-order valence-electron chi connectivity index (χ3n) is 3.26. The predicted molar refractivity (Wildman–Crippen MR) is 71.4 cm³/mol. The highest BCUT2D eigenvalue weighted by atomic mass is 35.5. The van der Waals surface area contributed by atoms with Crippen molar-refractivity contribution in [3.8, 4) is 0 Å². The van der Waals surface area contributed by atoms with Crippen LogP contribution in [-0.4, -0.2) is 30.6 Å². The Hall–Kier alpha value is -0.710. The molecule has 0 bridgehead atoms. The summed E-state index contributed by atoms with van der Waals surface area (Å²) in [7, 11) is 0. The SMILES string of the molecule is C[C@H]1CNCCN1Cc1ccc(C(F)F)cc1.Cl. The number of hydrogen-bond donors (Lipinski definition) is 1. The van der Waals surface area contributed by atoms with Crippen LogP contribution in [0.2, 0.25) is 0 Å². The monoisotopic (exact) mass is 276 g/mol. The summed E-state index contributed by atoms with van der Waals surface area (Å²) in [5.74, 6) is 0. The van der Waals surface area contributed by atoms with Gasteiger partial charge in [-0.05, 0) is 12.5 Å². The maximum atomic E-state index is 12.4. The number of nitrogens with zero attached hydrogens (tertiary/aromatic N) is 1. The standard InChI is InChI=1S/C13H18F2N2.ClH/c1-10-8-16-6-7-17(10)9-11-2-4-12(5-3-11)13(14)15;/h2-5,10,13,16H,6-9H2,1H3;1H/t10-;/m0./s1. The van der Waals surface area contributed by atoms with Gasteiger partial charge in [-0.25, -0.2) is 8.78 Å². The van der Waals surface area contributed by atoms with Gasteiger partial charge in [0.1, 0.15) is 0 Å². The first-order valence-electron chi connectivity index (χ1n) is 5.98. The Bertz CT molecular complexity index is 357. The summed E-state index contributed by atoms with van der Waals surface area (Å²) in [6.45, 7) is 6.03. The number of benzene rings is 1. The van der Waals surface area contributed by atoms with Gasteiger partial charge in [-0.2, -0.15) is 0 Å². The summed E-state index contributed by atoms with van der Waals surface area (Å²) < 4.78 is 24.8. The number of hydrogen-bond acceptors (Lipinski definition) is 2. The molecular formula is C13H19ClF2N2. The second-order valence-corrected chi connectivity index (χ2v) is 4.57. The van der Waals surface area contributed by atoms with Crippen LogP contribution < -0.4 is 5.32 Å². The lowest BCUT2D eigenvalue weighted by molar-refractivity contribution is 0.151. The fourth-order valence-corrected chi connectivity index (χ4v) is 2.12. The molecule has 1 aromatic rings. The predicted octanol–water partition coefficient (Wildman–Crippen LogP) is 2.84. The van der Waals surface area contributed by atoms with E-state index in [1.165, 1.54) is 12.1 Å². The van der Waals surface area contributed by atoms with Gasteiger partial charge in [0, 0.05) is 37.8 Å². The Labute approximate surface area is 113 Å². The van der Waals surface area contributed by atoms with Crippen LogP contribution in [0.1, 0.15) is 24.5 Å².